The molecule has 6 rings (SSSR count). The number of unbranched alkanes of at least 4 members (excludes halogenated alkanes) is 1. The lowest BCUT2D eigenvalue weighted by Gasteiger charge is -2.19. The maximum atomic E-state index is 14.4. The van der Waals surface area contributed by atoms with Crippen molar-refractivity contribution in [1.82, 2.24) is 24.1 Å². The Morgan fingerprint density at radius 3 is 2.56 bits per heavy atom. The van der Waals surface area contributed by atoms with Gasteiger partial charge in [0, 0.05) is 42.4 Å². The lowest BCUT2D eigenvalue weighted by Crippen LogP contribution is -2.42. The molecule has 6 aromatic rings. The average Bonchev–Trinajstić information content (AvgIpc) is 3.47. The van der Waals surface area contributed by atoms with Crippen molar-refractivity contribution in [2.45, 2.75) is 45.7 Å². The molecule has 0 saturated carbocycles. The Bertz CT molecular complexity index is 2380. The molecule has 0 aliphatic rings. The largest absolute Gasteiger partial charge is 0.469 e. The number of pyridine rings is 1. The van der Waals surface area contributed by atoms with Crippen molar-refractivity contribution in [3.8, 4) is 5.69 Å². The van der Waals surface area contributed by atoms with Crippen molar-refractivity contribution in [3.05, 3.63) is 115 Å². The molecule has 0 fully saturated rings. The molecule has 12 nitrogen and oxygen atoms in total. The number of methoxy groups -OCH3 is 1. The number of carbonyl (C=O) groups is 1. The first-order chi connectivity index (χ1) is 24.0. The second-order valence-electron chi connectivity index (χ2n) is 11.4. The minimum absolute atomic E-state index is 0.0724. The van der Waals surface area contributed by atoms with Crippen LogP contribution in [-0.2, 0) is 29.0 Å². The van der Waals surface area contributed by atoms with Gasteiger partial charge in [0.25, 0.3) is 0 Å². The molecular formula is C34H29ClF3N7O5. The number of oxazole rings is 1. The van der Waals surface area contributed by atoms with Crippen LogP contribution in [0.25, 0.3) is 27.6 Å². The first kappa shape index (κ1) is 34.3. The number of hydrogen-bond acceptors (Lipinski definition) is 10. The SMILES string of the molecule is COC(=O)CCCCc1c(Nc2nc(=O)n(-c3cncc4cccc(CN)c34)c(=O)n2Cc2cc(F)c(F)c(F)c2)c(Cl)cc2nc(C)oc12. The Morgan fingerprint density at radius 2 is 1.84 bits per heavy atom. The monoisotopic (exact) mass is 707 g/mol. The molecule has 0 atom stereocenters. The first-order valence-electron chi connectivity index (χ1n) is 15.4. The maximum Gasteiger partial charge on any atom is 0.359 e. The van der Waals surface area contributed by atoms with E-state index in [9.17, 15) is 27.6 Å². The molecule has 0 unspecified atom stereocenters. The number of anilines is 2. The van der Waals surface area contributed by atoms with Gasteiger partial charge < -0.3 is 20.2 Å². The van der Waals surface area contributed by atoms with Crippen LogP contribution in [0.1, 0.15) is 41.8 Å². The molecular weight excluding hydrogens is 679 g/mol. The maximum absolute atomic E-state index is 14.4. The van der Waals surface area contributed by atoms with E-state index in [-0.39, 0.29) is 46.8 Å². The summed E-state index contributed by atoms with van der Waals surface area (Å²) in [6.45, 7) is 1.17. The van der Waals surface area contributed by atoms with Gasteiger partial charge in [-0.1, -0.05) is 29.8 Å². The zero-order valence-electron chi connectivity index (χ0n) is 26.7. The normalized spacial score (nSPS) is 11.4. The highest BCUT2D eigenvalue weighted by molar-refractivity contribution is 6.34. The van der Waals surface area contributed by atoms with Crippen LogP contribution in [0.4, 0.5) is 24.8 Å². The van der Waals surface area contributed by atoms with Gasteiger partial charge in [0.15, 0.2) is 28.9 Å². The Balaban J connectivity index is 1.55. The molecule has 16 heteroatoms. The highest BCUT2D eigenvalue weighted by Gasteiger charge is 2.23. The third-order valence-electron chi connectivity index (χ3n) is 8.13. The fourth-order valence-electron chi connectivity index (χ4n) is 5.82. The molecule has 50 heavy (non-hydrogen) atoms. The van der Waals surface area contributed by atoms with Gasteiger partial charge in [0.05, 0.1) is 36.2 Å². The summed E-state index contributed by atoms with van der Waals surface area (Å²) in [7, 11) is 1.30. The molecule has 258 valence electrons. The van der Waals surface area contributed by atoms with Gasteiger partial charge in [-0.05, 0) is 48.6 Å². The molecule has 0 radical (unpaired) electrons. The lowest BCUT2D eigenvalue weighted by molar-refractivity contribution is -0.140. The third kappa shape index (κ3) is 6.56. The number of nitrogens with one attached hydrogen (secondary N) is 1. The van der Waals surface area contributed by atoms with Crippen molar-refractivity contribution < 1.29 is 27.1 Å². The Labute approximate surface area is 286 Å². The van der Waals surface area contributed by atoms with Crippen molar-refractivity contribution in [3.63, 3.8) is 0 Å². The lowest BCUT2D eigenvalue weighted by atomic mass is 10.0. The number of nitrogens with two attached hydrogens (primary N) is 1. The van der Waals surface area contributed by atoms with Crippen LogP contribution in [0.15, 0.2) is 62.8 Å². The van der Waals surface area contributed by atoms with E-state index in [0.29, 0.717) is 58.2 Å². The molecule has 0 aliphatic carbocycles. The van der Waals surface area contributed by atoms with Crippen molar-refractivity contribution in [2.75, 3.05) is 12.4 Å². The minimum atomic E-state index is -1.68. The average molecular weight is 708 g/mol. The number of carbonyl (C=O) groups excluding carboxylic acids is 1. The number of ether oxygens (including phenoxy) is 1. The summed E-state index contributed by atoms with van der Waals surface area (Å²) < 4.78 is 55.0. The molecule has 0 bridgehead atoms. The van der Waals surface area contributed by atoms with E-state index in [1.54, 1.807) is 31.3 Å². The van der Waals surface area contributed by atoms with E-state index in [1.165, 1.54) is 19.4 Å². The summed E-state index contributed by atoms with van der Waals surface area (Å²) in [6, 6.07) is 8.22. The summed E-state index contributed by atoms with van der Waals surface area (Å²) in [4.78, 5) is 52.7. The highest BCUT2D eigenvalue weighted by atomic mass is 35.5. The summed E-state index contributed by atoms with van der Waals surface area (Å²) in [5.74, 6) is -5.00. The number of halogens is 4. The van der Waals surface area contributed by atoms with E-state index in [4.69, 9.17) is 26.5 Å². The number of rotatable bonds is 11. The third-order valence-corrected chi connectivity index (χ3v) is 8.42. The van der Waals surface area contributed by atoms with Crippen molar-refractivity contribution >= 4 is 51.1 Å². The van der Waals surface area contributed by atoms with Crippen molar-refractivity contribution in [1.29, 1.82) is 0 Å². The zero-order valence-corrected chi connectivity index (χ0v) is 27.5. The molecule has 0 spiro atoms. The smallest absolute Gasteiger partial charge is 0.359 e. The van der Waals surface area contributed by atoms with Crippen LogP contribution in [0.3, 0.4) is 0 Å². The molecule has 0 amide bonds. The van der Waals surface area contributed by atoms with E-state index in [2.05, 4.69) is 20.3 Å². The standard InChI is InChI=1S/C34H29ClF3N7O5/c1-17-41-25-12-22(35)30(21(31(25)50-17)8-3-4-9-27(46)49-2)42-32-43-33(47)45(26-15-40-14-20-7-5-6-19(13-39)28(20)26)34(48)44(32)16-18-10-23(36)29(38)24(37)11-18/h5-7,10-12,14-15H,3-4,8-9,13,16,39H2,1-2H3,(H,42,43,47). The second-order valence-corrected chi connectivity index (χ2v) is 11.8. The van der Waals surface area contributed by atoms with Gasteiger partial charge in [0.2, 0.25) is 5.95 Å². The quantitative estimate of drug-likeness (QED) is 0.0986. The number of aryl methyl sites for hydroxylation is 2. The molecule has 0 saturated heterocycles. The fourth-order valence-corrected chi connectivity index (χ4v) is 6.08. The van der Waals surface area contributed by atoms with Gasteiger partial charge >= 0.3 is 17.3 Å². The highest BCUT2D eigenvalue weighted by Crippen LogP contribution is 2.37. The minimum Gasteiger partial charge on any atom is -0.469 e. The topological polar surface area (TPSA) is 160 Å². The summed E-state index contributed by atoms with van der Waals surface area (Å²) >= 11 is 6.75. The number of aromatic nitrogens is 5. The van der Waals surface area contributed by atoms with Crippen LogP contribution < -0.4 is 22.4 Å². The van der Waals surface area contributed by atoms with E-state index >= 15 is 0 Å². The molecule has 3 heterocycles. The van der Waals surface area contributed by atoms with Gasteiger partial charge in [0.1, 0.15) is 5.52 Å². The van der Waals surface area contributed by atoms with Gasteiger partial charge in [-0.25, -0.2) is 32.3 Å². The Morgan fingerprint density at radius 1 is 1.08 bits per heavy atom. The van der Waals surface area contributed by atoms with Crippen LogP contribution in [0, 0.1) is 24.4 Å². The van der Waals surface area contributed by atoms with Crippen LogP contribution in [0.5, 0.6) is 0 Å². The van der Waals surface area contributed by atoms with Gasteiger partial charge in [-0.3, -0.25) is 14.3 Å². The van der Waals surface area contributed by atoms with Gasteiger partial charge in [-0.2, -0.15) is 4.98 Å². The summed E-state index contributed by atoms with van der Waals surface area (Å²) in [5, 5.41) is 4.17. The Kier molecular flexibility index (Phi) is 9.70. The van der Waals surface area contributed by atoms with Gasteiger partial charge in [-0.15, -0.1) is 0 Å². The number of esters is 1. The van der Waals surface area contributed by atoms with Crippen molar-refractivity contribution in [2.24, 2.45) is 5.73 Å². The predicted octanol–water partition coefficient (Wildman–Crippen LogP) is 5.60. The number of hydrogen-bond donors (Lipinski definition) is 2. The number of benzene rings is 3. The molecule has 0 aliphatic heterocycles. The first-order valence-corrected chi connectivity index (χ1v) is 15.7. The predicted molar refractivity (Wildman–Crippen MR) is 179 cm³/mol. The Hall–Kier alpha value is -5.54. The fraction of sp³-hybridized carbons (Fsp3) is 0.235. The van der Waals surface area contributed by atoms with Crippen LogP contribution in [0.2, 0.25) is 5.02 Å². The molecule has 3 aromatic heterocycles. The summed E-state index contributed by atoms with van der Waals surface area (Å²) in [6.07, 6.45) is 4.26. The second kappa shape index (κ2) is 14.1. The van der Waals surface area contributed by atoms with E-state index in [1.807, 2.05) is 0 Å². The van der Waals surface area contributed by atoms with Crippen LogP contribution in [-0.4, -0.2) is 37.2 Å². The number of nitrogens with zero attached hydrogens (tertiary/aromatic N) is 5. The summed E-state index contributed by atoms with van der Waals surface area (Å²) in [5.41, 5.74) is 6.08. The molecule has 3 aromatic carbocycles. The van der Waals surface area contributed by atoms with E-state index in [0.717, 1.165) is 21.3 Å². The molecule has 3 N–H and O–H groups in total. The van der Waals surface area contributed by atoms with Crippen LogP contribution >= 0.6 is 11.6 Å². The number of fused-ring (bicyclic) bond motifs is 2. The van der Waals surface area contributed by atoms with E-state index < -0.39 is 35.4 Å². The zero-order chi connectivity index (χ0) is 35.7.